The predicted molar refractivity (Wildman–Crippen MR) is 87.1 cm³/mol. The fourth-order valence-corrected chi connectivity index (χ4v) is 2.34. The molecule has 112 valence electrons. The maximum Gasteiger partial charge on any atom is 0.295 e. The first-order valence-electron chi connectivity index (χ1n) is 6.95. The molecule has 0 spiro atoms. The van der Waals surface area contributed by atoms with Crippen molar-refractivity contribution in [3.8, 4) is 0 Å². The van der Waals surface area contributed by atoms with Crippen molar-refractivity contribution in [2.24, 2.45) is 0 Å². The number of anilines is 2. The second-order valence-electron chi connectivity index (χ2n) is 4.90. The van der Waals surface area contributed by atoms with Crippen LogP contribution in [-0.2, 0) is 4.84 Å². The Morgan fingerprint density at radius 1 is 1.09 bits per heavy atom. The van der Waals surface area contributed by atoms with Gasteiger partial charge in [0.05, 0.1) is 12.8 Å². The van der Waals surface area contributed by atoms with E-state index in [1.807, 2.05) is 54.6 Å². The van der Waals surface area contributed by atoms with Gasteiger partial charge in [-0.1, -0.05) is 36.4 Å². The molecule has 5 heteroatoms. The lowest BCUT2D eigenvalue weighted by molar-refractivity contribution is -0.0759. The van der Waals surface area contributed by atoms with E-state index in [1.165, 1.54) is 12.2 Å². The van der Waals surface area contributed by atoms with Crippen molar-refractivity contribution in [2.75, 3.05) is 19.5 Å². The molecular formula is C17H17N3O2. The van der Waals surface area contributed by atoms with Gasteiger partial charge in [-0.25, -0.2) is 5.06 Å². The standard InChI is InChI=1S/C17H17N3O2/c1-20(22-2)17(21)16-15(18-12-8-4-3-5-9-12)13-10-6-7-11-14(13)19-16/h3-11,18-19H,1-2H3. The second kappa shape index (κ2) is 5.91. The van der Waals surface area contributed by atoms with Crippen molar-refractivity contribution in [2.45, 2.75) is 0 Å². The number of H-pyrrole nitrogens is 1. The second-order valence-corrected chi connectivity index (χ2v) is 4.90. The molecule has 0 aliphatic rings. The molecule has 2 aromatic carbocycles. The number of aromatic amines is 1. The van der Waals surface area contributed by atoms with Gasteiger partial charge in [0.25, 0.3) is 5.91 Å². The van der Waals surface area contributed by atoms with Crippen LogP contribution in [0.15, 0.2) is 54.6 Å². The van der Waals surface area contributed by atoms with Gasteiger partial charge in [0, 0.05) is 23.6 Å². The van der Waals surface area contributed by atoms with Crippen LogP contribution in [0.2, 0.25) is 0 Å². The Balaban J connectivity index is 2.11. The highest BCUT2D eigenvalue weighted by atomic mass is 16.7. The summed E-state index contributed by atoms with van der Waals surface area (Å²) >= 11 is 0. The SMILES string of the molecule is CON(C)C(=O)c1[nH]c2ccccc2c1Nc1ccccc1. The summed E-state index contributed by atoms with van der Waals surface area (Å²) in [5, 5.41) is 5.47. The molecule has 3 rings (SSSR count). The number of hydrogen-bond donors (Lipinski definition) is 2. The van der Waals surface area contributed by atoms with Crippen molar-refractivity contribution >= 4 is 28.2 Å². The zero-order valence-corrected chi connectivity index (χ0v) is 12.5. The van der Waals surface area contributed by atoms with E-state index in [2.05, 4.69) is 10.3 Å². The van der Waals surface area contributed by atoms with Crippen molar-refractivity contribution < 1.29 is 9.63 Å². The monoisotopic (exact) mass is 295 g/mol. The lowest BCUT2D eigenvalue weighted by atomic mass is 10.2. The van der Waals surface area contributed by atoms with Gasteiger partial charge in [-0.05, 0) is 18.2 Å². The van der Waals surface area contributed by atoms with Gasteiger partial charge in [-0.2, -0.15) is 0 Å². The quantitative estimate of drug-likeness (QED) is 0.724. The minimum Gasteiger partial charge on any atom is -0.353 e. The molecule has 0 saturated carbocycles. The highest BCUT2D eigenvalue weighted by Crippen LogP contribution is 2.31. The van der Waals surface area contributed by atoms with Crippen LogP contribution < -0.4 is 5.32 Å². The molecule has 0 aliphatic heterocycles. The molecule has 1 aromatic heterocycles. The number of fused-ring (bicyclic) bond motifs is 1. The van der Waals surface area contributed by atoms with Gasteiger partial charge in [-0.15, -0.1) is 0 Å². The summed E-state index contributed by atoms with van der Waals surface area (Å²) in [5.41, 5.74) is 3.03. The Kier molecular flexibility index (Phi) is 3.80. The summed E-state index contributed by atoms with van der Waals surface area (Å²) in [6.07, 6.45) is 0. The van der Waals surface area contributed by atoms with Crippen LogP contribution in [0, 0.1) is 0 Å². The molecule has 1 heterocycles. The first-order chi connectivity index (χ1) is 10.7. The normalized spacial score (nSPS) is 10.6. The molecule has 2 N–H and O–H groups in total. The number of para-hydroxylation sites is 2. The number of rotatable bonds is 4. The number of nitrogens with one attached hydrogen (secondary N) is 2. The summed E-state index contributed by atoms with van der Waals surface area (Å²) in [6, 6.07) is 17.5. The first kappa shape index (κ1) is 14.2. The lowest BCUT2D eigenvalue weighted by Gasteiger charge is -2.14. The molecule has 0 saturated heterocycles. The van der Waals surface area contributed by atoms with E-state index in [0.29, 0.717) is 5.69 Å². The number of hydrogen-bond acceptors (Lipinski definition) is 3. The molecular weight excluding hydrogens is 278 g/mol. The topological polar surface area (TPSA) is 57.4 Å². The highest BCUT2D eigenvalue weighted by Gasteiger charge is 2.21. The number of carbonyl (C=O) groups excluding carboxylic acids is 1. The Morgan fingerprint density at radius 2 is 1.77 bits per heavy atom. The molecule has 1 amide bonds. The third kappa shape index (κ3) is 2.54. The first-order valence-corrected chi connectivity index (χ1v) is 6.95. The van der Waals surface area contributed by atoms with E-state index in [1.54, 1.807) is 7.05 Å². The molecule has 5 nitrogen and oxygen atoms in total. The van der Waals surface area contributed by atoms with Crippen molar-refractivity contribution in [3.05, 3.63) is 60.3 Å². The summed E-state index contributed by atoms with van der Waals surface area (Å²) in [7, 11) is 3.05. The maximum absolute atomic E-state index is 12.5. The summed E-state index contributed by atoms with van der Waals surface area (Å²) in [5.74, 6) is -0.239. The van der Waals surface area contributed by atoms with Crippen LogP contribution in [0.25, 0.3) is 10.9 Å². The van der Waals surface area contributed by atoms with Crippen LogP contribution in [0.5, 0.6) is 0 Å². The van der Waals surface area contributed by atoms with E-state index >= 15 is 0 Å². The molecule has 22 heavy (non-hydrogen) atoms. The van der Waals surface area contributed by atoms with E-state index in [-0.39, 0.29) is 5.91 Å². The number of amides is 1. The Morgan fingerprint density at radius 3 is 2.50 bits per heavy atom. The molecule has 0 radical (unpaired) electrons. The van der Waals surface area contributed by atoms with Gasteiger partial charge in [0.15, 0.2) is 0 Å². The fourth-order valence-electron chi connectivity index (χ4n) is 2.34. The molecule has 0 fully saturated rings. The summed E-state index contributed by atoms with van der Waals surface area (Å²) in [4.78, 5) is 20.7. The molecule has 0 unspecified atom stereocenters. The van der Waals surface area contributed by atoms with E-state index in [0.717, 1.165) is 22.3 Å². The van der Waals surface area contributed by atoms with Gasteiger partial charge in [0.2, 0.25) is 0 Å². The number of benzene rings is 2. The summed E-state index contributed by atoms with van der Waals surface area (Å²) < 4.78 is 0. The third-order valence-electron chi connectivity index (χ3n) is 3.52. The summed E-state index contributed by atoms with van der Waals surface area (Å²) in [6.45, 7) is 0. The smallest absolute Gasteiger partial charge is 0.295 e. The lowest BCUT2D eigenvalue weighted by Crippen LogP contribution is -2.26. The Hall–Kier alpha value is -2.79. The number of nitrogens with zero attached hydrogens (tertiary/aromatic N) is 1. The largest absolute Gasteiger partial charge is 0.353 e. The zero-order valence-electron chi connectivity index (χ0n) is 12.5. The van der Waals surface area contributed by atoms with Gasteiger partial charge >= 0.3 is 0 Å². The van der Waals surface area contributed by atoms with E-state index < -0.39 is 0 Å². The minimum atomic E-state index is -0.239. The fraction of sp³-hybridized carbons (Fsp3) is 0.118. The Bertz CT molecular complexity index is 796. The average molecular weight is 295 g/mol. The van der Waals surface area contributed by atoms with Crippen LogP contribution in [0.1, 0.15) is 10.5 Å². The number of carbonyl (C=O) groups is 1. The third-order valence-corrected chi connectivity index (χ3v) is 3.52. The number of hydroxylamine groups is 2. The van der Waals surface area contributed by atoms with Crippen LogP contribution in [0.4, 0.5) is 11.4 Å². The van der Waals surface area contributed by atoms with Crippen molar-refractivity contribution in [1.82, 2.24) is 10.0 Å². The van der Waals surface area contributed by atoms with Gasteiger partial charge in [0.1, 0.15) is 5.69 Å². The molecule has 3 aromatic rings. The number of aromatic nitrogens is 1. The molecule has 0 atom stereocenters. The molecule has 0 aliphatic carbocycles. The van der Waals surface area contributed by atoms with Crippen molar-refractivity contribution in [3.63, 3.8) is 0 Å². The Labute approximate surface area is 128 Å². The predicted octanol–water partition coefficient (Wildman–Crippen LogP) is 3.54. The maximum atomic E-state index is 12.5. The van der Waals surface area contributed by atoms with Crippen LogP contribution >= 0.6 is 0 Å². The van der Waals surface area contributed by atoms with Crippen LogP contribution in [0.3, 0.4) is 0 Å². The highest BCUT2D eigenvalue weighted by molar-refractivity contribution is 6.08. The van der Waals surface area contributed by atoms with Crippen molar-refractivity contribution in [1.29, 1.82) is 0 Å². The van der Waals surface area contributed by atoms with Gasteiger partial charge < -0.3 is 10.3 Å². The average Bonchev–Trinajstić information content (AvgIpc) is 2.93. The van der Waals surface area contributed by atoms with E-state index in [9.17, 15) is 4.79 Å². The minimum absolute atomic E-state index is 0.239. The van der Waals surface area contributed by atoms with Crippen LogP contribution in [-0.4, -0.2) is 30.1 Å². The molecule has 0 bridgehead atoms. The zero-order chi connectivity index (χ0) is 15.5. The van der Waals surface area contributed by atoms with E-state index in [4.69, 9.17) is 4.84 Å². The van der Waals surface area contributed by atoms with Gasteiger partial charge in [-0.3, -0.25) is 9.63 Å².